The maximum atomic E-state index is 11.3. The molecule has 6 nitrogen and oxygen atoms in total. The minimum Gasteiger partial charge on any atom is -0.476 e. The molecule has 0 spiro atoms. The molecule has 4 rings (SSSR count). The Morgan fingerprint density at radius 3 is 2.96 bits per heavy atom. The van der Waals surface area contributed by atoms with Crippen molar-refractivity contribution >= 4 is 28.1 Å². The van der Waals surface area contributed by atoms with Crippen molar-refractivity contribution in [2.24, 2.45) is 22.4 Å². The number of aliphatic carboxylic acids is 1. The van der Waals surface area contributed by atoms with Gasteiger partial charge in [0.2, 0.25) is 5.71 Å². The molecular weight excluding hydrogens is 314 g/mol. The van der Waals surface area contributed by atoms with Crippen LogP contribution in [-0.4, -0.2) is 28.4 Å². The molecule has 0 radical (unpaired) electrons. The Kier molecular flexibility index (Phi) is 4.14. The minimum atomic E-state index is -1.17. The standard InChI is InChI=1S/C16H21N3O3S/c1-16(2)10-4-3-9(11(16)7-10)5-6-22-19-13(14(20)21)12-8-23-15(17)18-12/h3,8,10-11H,4-7H2,1-2H3,(H2,17,18)(H,20,21)/b19-13-/t10?,11-/m1/s1. The Hall–Kier alpha value is -1.89. The van der Waals surface area contributed by atoms with Crippen molar-refractivity contribution in [3.8, 4) is 0 Å². The summed E-state index contributed by atoms with van der Waals surface area (Å²) in [6, 6.07) is 0. The van der Waals surface area contributed by atoms with Gasteiger partial charge >= 0.3 is 5.97 Å². The second kappa shape index (κ2) is 5.96. The first-order chi connectivity index (χ1) is 10.9. The van der Waals surface area contributed by atoms with Crippen molar-refractivity contribution in [3.63, 3.8) is 0 Å². The van der Waals surface area contributed by atoms with Gasteiger partial charge in [0.05, 0.1) is 0 Å². The topological polar surface area (TPSA) is 97.8 Å². The number of aromatic nitrogens is 1. The number of thiazole rings is 1. The number of carboxylic acid groups (broad SMARTS) is 1. The van der Waals surface area contributed by atoms with Gasteiger partial charge in [0, 0.05) is 11.8 Å². The molecule has 0 aromatic carbocycles. The van der Waals surface area contributed by atoms with Crippen LogP contribution in [0.2, 0.25) is 0 Å². The number of fused-ring (bicyclic) bond motifs is 1. The number of anilines is 1. The molecule has 124 valence electrons. The molecule has 1 heterocycles. The van der Waals surface area contributed by atoms with E-state index < -0.39 is 5.97 Å². The van der Waals surface area contributed by atoms with E-state index in [1.165, 1.54) is 23.3 Å². The van der Waals surface area contributed by atoms with Crippen LogP contribution in [0.15, 0.2) is 22.2 Å². The highest BCUT2D eigenvalue weighted by molar-refractivity contribution is 7.13. The monoisotopic (exact) mass is 335 g/mol. The van der Waals surface area contributed by atoms with Crippen LogP contribution in [0.5, 0.6) is 0 Å². The fourth-order valence-corrected chi connectivity index (χ4v) is 4.17. The van der Waals surface area contributed by atoms with E-state index in [0.29, 0.717) is 23.1 Å². The summed E-state index contributed by atoms with van der Waals surface area (Å²) in [5, 5.41) is 14.8. The number of hydrogen-bond donors (Lipinski definition) is 2. The predicted molar refractivity (Wildman–Crippen MR) is 89.3 cm³/mol. The first-order valence-corrected chi connectivity index (χ1v) is 8.61. The largest absolute Gasteiger partial charge is 0.476 e. The maximum absolute atomic E-state index is 11.3. The SMILES string of the molecule is CC1(C)C2CC=C(CCO/N=C(\C(=O)O)c3csc(N)n3)[C@H]1C2. The molecule has 1 saturated carbocycles. The fourth-order valence-electron chi connectivity index (χ4n) is 3.62. The molecule has 1 aromatic heterocycles. The predicted octanol–water partition coefficient (Wildman–Crippen LogP) is 2.91. The zero-order chi connectivity index (χ0) is 16.6. The van der Waals surface area contributed by atoms with E-state index in [9.17, 15) is 9.90 Å². The van der Waals surface area contributed by atoms with Crippen LogP contribution < -0.4 is 5.73 Å². The lowest BCUT2D eigenvalue weighted by molar-refractivity contribution is -0.129. The summed E-state index contributed by atoms with van der Waals surface area (Å²) < 4.78 is 0. The Bertz CT molecular complexity index is 678. The van der Waals surface area contributed by atoms with Crippen LogP contribution in [0.4, 0.5) is 5.13 Å². The van der Waals surface area contributed by atoms with Gasteiger partial charge in [-0.25, -0.2) is 9.78 Å². The van der Waals surface area contributed by atoms with E-state index in [-0.39, 0.29) is 11.4 Å². The highest BCUT2D eigenvalue weighted by atomic mass is 32.1. The molecule has 23 heavy (non-hydrogen) atoms. The van der Waals surface area contributed by atoms with Crippen LogP contribution >= 0.6 is 11.3 Å². The van der Waals surface area contributed by atoms with E-state index in [4.69, 9.17) is 10.6 Å². The highest BCUT2D eigenvalue weighted by Gasteiger charge is 2.50. The zero-order valence-electron chi connectivity index (χ0n) is 13.3. The van der Waals surface area contributed by atoms with E-state index in [0.717, 1.165) is 18.8 Å². The molecule has 0 amide bonds. The van der Waals surface area contributed by atoms with Gasteiger partial charge < -0.3 is 15.7 Å². The smallest absolute Gasteiger partial charge is 0.360 e. The van der Waals surface area contributed by atoms with Crippen LogP contribution in [0.1, 0.15) is 38.8 Å². The Labute approximate surface area is 139 Å². The third kappa shape index (κ3) is 2.97. The first kappa shape index (κ1) is 16.0. The van der Waals surface area contributed by atoms with Crippen LogP contribution in [0.3, 0.4) is 0 Å². The van der Waals surface area contributed by atoms with E-state index in [1.54, 1.807) is 5.38 Å². The quantitative estimate of drug-likeness (QED) is 0.360. The average molecular weight is 335 g/mol. The fraction of sp³-hybridized carbons (Fsp3) is 0.562. The molecule has 1 unspecified atom stereocenters. The number of rotatable bonds is 6. The average Bonchev–Trinajstić information content (AvgIpc) is 2.92. The summed E-state index contributed by atoms with van der Waals surface area (Å²) in [4.78, 5) is 20.4. The molecule has 2 atom stereocenters. The van der Waals surface area contributed by atoms with Gasteiger partial charge in [-0.15, -0.1) is 11.3 Å². The van der Waals surface area contributed by atoms with Gasteiger partial charge in [0.15, 0.2) is 5.13 Å². The molecule has 3 aliphatic carbocycles. The van der Waals surface area contributed by atoms with Gasteiger partial charge in [0.25, 0.3) is 0 Å². The van der Waals surface area contributed by atoms with E-state index in [2.05, 4.69) is 30.1 Å². The van der Waals surface area contributed by atoms with E-state index in [1.807, 2.05) is 0 Å². The molecule has 3 aliphatic rings. The van der Waals surface area contributed by atoms with Gasteiger partial charge in [-0.1, -0.05) is 30.7 Å². The van der Waals surface area contributed by atoms with Crippen LogP contribution in [0.25, 0.3) is 0 Å². The lowest BCUT2D eigenvalue weighted by Crippen LogP contribution is -2.48. The Morgan fingerprint density at radius 1 is 1.61 bits per heavy atom. The number of carboxylic acids is 1. The number of allylic oxidation sites excluding steroid dienone is 1. The molecule has 3 N–H and O–H groups in total. The second-order valence-corrected chi connectivity index (χ2v) is 7.61. The molecular formula is C16H21N3O3S. The van der Waals surface area contributed by atoms with E-state index >= 15 is 0 Å². The third-order valence-corrected chi connectivity index (χ3v) is 5.86. The minimum absolute atomic E-state index is 0.209. The van der Waals surface area contributed by atoms with Gasteiger partial charge in [-0.2, -0.15) is 0 Å². The number of nitrogens with zero attached hydrogens (tertiary/aromatic N) is 2. The van der Waals surface area contributed by atoms with Crippen molar-refractivity contribution in [3.05, 3.63) is 22.7 Å². The lowest BCUT2D eigenvalue weighted by Gasteiger charge is -2.56. The molecule has 7 heteroatoms. The summed E-state index contributed by atoms with van der Waals surface area (Å²) in [6.45, 7) is 5.03. The van der Waals surface area contributed by atoms with Gasteiger partial charge in [0.1, 0.15) is 12.3 Å². The number of nitrogens with two attached hydrogens (primary N) is 1. The van der Waals surface area contributed by atoms with Crippen LogP contribution in [-0.2, 0) is 9.63 Å². The molecule has 0 aliphatic heterocycles. The van der Waals surface area contributed by atoms with Crippen molar-refractivity contribution in [1.29, 1.82) is 0 Å². The van der Waals surface area contributed by atoms with Crippen molar-refractivity contribution in [1.82, 2.24) is 4.98 Å². The molecule has 0 saturated heterocycles. The number of nitrogen functional groups attached to an aromatic ring is 1. The third-order valence-electron chi connectivity index (χ3n) is 5.19. The maximum Gasteiger partial charge on any atom is 0.360 e. The number of oxime groups is 1. The summed E-state index contributed by atoms with van der Waals surface area (Å²) in [6.07, 6.45) is 5.51. The lowest BCUT2D eigenvalue weighted by atomic mass is 9.48. The second-order valence-electron chi connectivity index (χ2n) is 6.72. The summed E-state index contributed by atoms with van der Waals surface area (Å²) in [5.74, 6) is 0.269. The number of hydrogen-bond acceptors (Lipinski definition) is 6. The summed E-state index contributed by atoms with van der Waals surface area (Å²) >= 11 is 1.18. The first-order valence-electron chi connectivity index (χ1n) is 7.73. The van der Waals surface area contributed by atoms with Crippen molar-refractivity contribution in [2.75, 3.05) is 12.3 Å². The number of carbonyl (C=O) groups is 1. The van der Waals surface area contributed by atoms with Gasteiger partial charge in [-0.05, 0) is 30.1 Å². The normalized spacial score (nSPS) is 25.5. The zero-order valence-corrected chi connectivity index (χ0v) is 14.1. The molecule has 2 bridgehead atoms. The van der Waals surface area contributed by atoms with Crippen molar-refractivity contribution < 1.29 is 14.7 Å². The van der Waals surface area contributed by atoms with Gasteiger partial charge in [-0.3, -0.25) is 0 Å². The van der Waals surface area contributed by atoms with Crippen molar-refractivity contribution in [2.45, 2.75) is 33.1 Å². The summed E-state index contributed by atoms with van der Waals surface area (Å²) in [5.41, 5.74) is 7.36. The molecule has 1 fully saturated rings. The van der Waals surface area contributed by atoms with Crippen LogP contribution in [0, 0.1) is 17.3 Å². The Balaban J connectivity index is 1.58. The highest BCUT2D eigenvalue weighted by Crippen LogP contribution is 2.59. The molecule has 1 aromatic rings. The summed E-state index contributed by atoms with van der Waals surface area (Å²) in [7, 11) is 0. The Morgan fingerprint density at radius 2 is 2.39 bits per heavy atom.